The highest BCUT2D eigenvalue weighted by Gasteiger charge is 2.23. The normalized spacial score (nSPS) is 11.9. The van der Waals surface area contributed by atoms with Crippen molar-refractivity contribution in [3.05, 3.63) is 90.4 Å². The lowest BCUT2D eigenvalue weighted by molar-refractivity contribution is -0.149. The van der Waals surface area contributed by atoms with E-state index in [1.807, 2.05) is 36.4 Å². The molecule has 6 heteroatoms. The molecule has 1 unspecified atom stereocenters. The molecule has 0 amide bonds. The van der Waals surface area contributed by atoms with Crippen LogP contribution in [0.4, 0.5) is 4.39 Å². The van der Waals surface area contributed by atoms with Crippen molar-refractivity contribution in [3.63, 3.8) is 0 Å². The Morgan fingerprint density at radius 2 is 1.79 bits per heavy atom. The van der Waals surface area contributed by atoms with Crippen LogP contribution in [0.25, 0.3) is 16.6 Å². The van der Waals surface area contributed by atoms with Crippen molar-refractivity contribution in [1.82, 2.24) is 9.78 Å². The monoisotopic (exact) mass is 376 g/mol. The van der Waals surface area contributed by atoms with E-state index in [-0.39, 0.29) is 5.82 Å². The van der Waals surface area contributed by atoms with Crippen molar-refractivity contribution >= 4 is 16.9 Å². The van der Waals surface area contributed by atoms with Crippen LogP contribution in [0.2, 0.25) is 0 Å². The maximum Gasteiger partial charge on any atom is 0.351 e. The molecule has 1 aromatic heterocycles. The number of carbonyl (C=O) groups is 1. The number of rotatable bonds is 5. The lowest BCUT2D eigenvalue weighted by Crippen LogP contribution is -2.20. The molecule has 0 spiro atoms. The van der Waals surface area contributed by atoms with Crippen molar-refractivity contribution in [3.8, 4) is 11.4 Å². The van der Waals surface area contributed by atoms with Gasteiger partial charge in [-0.2, -0.15) is 5.10 Å². The summed E-state index contributed by atoms with van der Waals surface area (Å²) in [6.45, 7) is 0. The molecule has 0 saturated carbocycles. The van der Waals surface area contributed by atoms with Gasteiger partial charge in [-0.15, -0.1) is 0 Å². The zero-order valence-corrected chi connectivity index (χ0v) is 15.1. The number of methoxy groups -OCH3 is 1. The summed E-state index contributed by atoms with van der Waals surface area (Å²) in [5, 5.41) is 5.20. The van der Waals surface area contributed by atoms with E-state index in [0.29, 0.717) is 11.3 Å². The number of fused-ring (bicyclic) bond motifs is 1. The van der Waals surface area contributed by atoms with E-state index in [4.69, 9.17) is 9.47 Å². The molecular formula is C22H17FN2O3. The molecule has 28 heavy (non-hydrogen) atoms. The van der Waals surface area contributed by atoms with Crippen LogP contribution in [0.5, 0.6) is 5.75 Å². The Labute approximate surface area is 160 Å². The van der Waals surface area contributed by atoms with Crippen LogP contribution in [0.15, 0.2) is 79.0 Å². The average molecular weight is 376 g/mol. The van der Waals surface area contributed by atoms with Crippen molar-refractivity contribution in [2.45, 2.75) is 6.10 Å². The summed E-state index contributed by atoms with van der Waals surface area (Å²) in [7, 11) is 1.33. The highest BCUT2D eigenvalue weighted by atomic mass is 19.1. The Hall–Kier alpha value is -3.67. The van der Waals surface area contributed by atoms with Crippen molar-refractivity contribution in [2.24, 2.45) is 0 Å². The van der Waals surface area contributed by atoms with Gasteiger partial charge in [0.15, 0.2) is 0 Å². The number of nitrogens with zero attached hydrogens (tertiary/aromatic N) is 2. The van der Waals surface area contributed by atoms with Gasteiger partial charge in [0, 0.05) is 10.9 Å². The molecule has 0 aliphatic rings. The molecule has 0 fully saturated rings. The third-order valence-electron chi connectivity index (χ3n) is 4.38. The molecule has 0 radical (unpaired) electrons. The Morgan fingerprint density at radius 1 is 1.04 bits per heavy atom. The molecule has 0 bridgehead atoms. The summed E-state index contributed by atoms with van der Waals surface area (Å²) in [5.74, 6) is -0.260. The smallest absolute Gasteiger partial charge is 0.351 e. The summed E-state index contributed by atoms with van der Waals surface area (Å²) in [4.78, 5) is 12.2. The highest BCUT2D eigenvalue weighted by Crippen LogP contribution is 2.28. The molecule has 1 heterocycles. The SMILES string of the molecule is COC(=O)C(Oc1ccc2c(cnn2-c2ccc(F)cc2)c1)c1ccccc1. The van der Waals surface area contributed by atoms with Crippen LogP contribution in [-0.4, -0.2) is 22.9 Å². The number of benzene rings is 3. The minimum atomic E-state index is -0.865. The van der Waals surface area contributed by atoms with Gasteiger partial charge in [0.05, 0.1) is 24.5 Å². The lowest BCUT2D eigenvalue weighted by Gasteiger charge is -2.17. The van der Waals surface area contributed by atoms with E-state index in [2.05, 4.69) is 5.10 Å². The van der Waals surface area contributed by atoms with E-state index in [1.54, 1.807) is 35.1 Å². The molecule has 0 aliphatic carbocycles. The zero-order valence-electron chi connectivity index (χ0n) is 15.1. The molecule has 1 atom stereocenters. The summed E-state index contributed by atoms with van der Waals surface area (Å²) in [5.41, 5.74) is 2.30. The fourth-order valence-electron chi connectivity index (χ4n) is 3.00. The zero-order chi connectivity index (χ0) is 19.5. The summed E-state index contributed by atoms with van der Waals surface area (Å²) in [6, 6.07) is 20.7. The number of aromatic nitrogens is 2. The van der Waals surface area contributed by atoms with Crippen LogP contribution in [-0.2, 0) is 9.53 Å². The minimum absolute atomic E-state index is 0.300. The molecule has 0 aliphatic heterocycles. The van der Waals surface area contributed by atoms with Gasteiger partial charge in [-0.25, -0.2) is 13.9 Å². The van der Waals surface area contributed by atoms with Gasteiger partial charge in [0.2, 0.25) is 6.10 Å². The first-order valence-electron chi connectivity index (χ1n) is 8.69. The first-order chi connectivity index (χ1) is 13.7. The van der Waals surface area contributed by atoms with E-state index in [1.165, 1.54) is 19.2 Å². The number of hydrogen-bond acceptors (Lipinski definition) is 4. The molecule has 140 valence electrons. The predicted octanol–water partition coefficient (Wildman–Crippen LogP) is 4.46. The molecular weight excluding hydrogens is 359 g/mol. The van der Waals surface area contributed by atoms with E-state index < -0.39 is 12.1 Å². The van der Waals surface area contributed by atoms with E-state index in [9.17, 15) is 9.18 Å². The second kappa shape index (κ2) is 7.52. The number of esters is 1. The molecule has 3 aromatic carbocycles. The fraction of sp³-hybridized carbons (Fsp3) is 0.0909. The maximum absolute atomic E-state index is 13.2. The van der Waals surface area contributed by atoms with Crippen LogP contribution >= 0.6 is 0 Å². The van der Waals surface area contributed by atoms with Gasteiger partial charge in [0.25, 0.3) is 0 Å². The second-order valence-electron chi connectivity index (χ2n) is 6.19. The van der Waals surface area contributed by atoms with Crippen molar-refractivity contribution in [2.75, 3.05) is 7.11 Å². The number of halogens is 1. The van der Waals surface area contributed by atoms with Gasteiger partial charge in [-0.1, -0.05) is 30.3 Å². The van der Waals surface area contributed by atoms with Crippen molar-refractivity contribution in [1.29, 1.82) is 0 Å². The largest absolute Gasteiger partial charge is 0.474 e. The molecule has 5 nitrogen and oxygen atoms in total. The predicted molar refractivity (Wildman–Crippen MR) is 103 cm³/mol. The molecule has 0 saturated heterocycles. The second-order valence-corrected chi connectivity index (χ2v) is 6.19. The number of carbonyl (C=O) groups excluding carboxylic acids is 1. The number of hydrogen-bond donors (Lipinski definition) is 0. The van der Waals surface area contributed by atoms with Crippen LogP contribution in [0.3, 0.4) is 0 Å². The van der Waals surface area contributed by atoms with E-state index in [0.717, 1.165) is 16.6 Å². The van der Waals surface area contributed by atoms with Crippen LogP contribution < -0.4 is 4.74 Å². The van der Waals surface area contributed by atoms with Crippen molar-refractivity contribution < 1.29 is 18.7 Å². The Morgan fingerprint density at radius 3 is 2.50 bits per heavy atom. The average Bonchev–Trinajstić information content (AvgIpc) is 3.16. The first kappa shape index (κ1) is 17.7. The number of ether oxygens (including phenoxy) is 2. The van der Waals surface area contributed by atoms with Gasteiger partial charge in [-0.3, -0.25) is 0 Å². The molecule has 4 aromatic rings. The Bertz CT molecular complexity index is 1110. The summed E-state index contributed by atoms with van der Waals surface area (Å²) >= 11 is 0. The molecule has 4 rings (SSSR count). The van der Waals surface area contributed by atoms with Gasteiger partial charge in [0.1, 0.15) is 11.6 Å². The van der Waals surface area contributed by atoms with Crippen LogP contribution in [0.1, 0.15) is 11.7 Å². The van der Waals surface area contributed by atoms with Crippen LogP contribution in [0, 0.1) is 5.82 Å². The van der Waals surface area contributed by atoms with E-state index >= 15 is 0 Å². The van der Waals surface area contributed by atoms with Gasteiger partial charge >= 0.3 is 5.97 Å². The Balaban J connectivity index is 1.66. The maximum atomic E-state index is 13.2. The summed E-state index contributed by atoms with van der Waals surface area (Å²) in [6.07, 6.45) is 0.831. The minimum Gasteiger partial charge on any atom is -0.474 e. The highest BCUT2D eigenvalue weighted by molar-refractivity contribution is 5.82. The topological polar surface area (TPSA) is 53.4 Å². The first-order valence-corrected chi connectivity index (χ1v) is 8.69. The third-order valence-corrected chi connectivity index (χ3v) is 4.38. The quantitative estimate of drug-likeness (QED) is 0.483. The Kier molecular flexibility index (Phi) is 4.76. The summed E-state index contributed by atoms with van der Waals surface area (Å²) < 4.78 is 25.7. The van der Waals surface area contributed by atoms with Gasteiger partial charge < -0.3 is 9.47 Å². The standard InChI is InChI=1S/C22H17FN2O3/c1-27-22(26)21(15-5-3-2-4-6-15)28-19-11-12-20-16(13-19)14-24-25(20)18-9-7-17(23)8-10-18/h2-14,21H,1H3. The van der Waals surface area contributed by atoms with Gasteiger partial charge in [-0.05, 0) is 42.5 Å². The fourth-order valence-corrected chi connectivity index (χ4v) is 3.00. The lowest BCUT2D eigenvalue weighted by atomic mass is 10.1. The molecule has 0 N–H and O–H groups in total. The third kappa shape index (κ3) is 3.44.